The number of aromatic nitrogens is 3. The quantitative estimate of drug-likeness (QED) is 0.645. The van der Waals surface area contributed by atoms with Crippen LogP contribution in [0.15, 0.2) is 36.5 Å². The van der Waals surface area contributed by atoms with E-state index in [1.165, 1.54) is 13.3 Å². The number of esters is 1. The Morgan fingerprint density at radius 3 is 2.66 bits per heavy atom. The zero-order valence-corrected chi connectivity index (χ0v) is 16.5. The van der Waals surface area contributed by atoms with E-state index in [-0.39, 0.29) is 12.3 Å². The van der Waals surface area contributed by atoms with E-state index in [1.807, 2.05) is 19.9 Å². The van der Waals surface area contributed by atoms with Crippen LogP contribution in [-0.2, 0) is 20.7 Å². The summed E-state index contributed by atoms with van der Waals surface area (Å²) in [5, 5.41) is 16.1. The molecule has 0 spiro atoms. The minimum Gasteiger partial charge on any atom is -0.467 e. The van der Waals surface area contributed by atoms with Crippen LogP contribution in [0.1, 0.15) is 40.5 Å². The summed E-state index contributed by atoms with van der Waals surface area (Å²) >= 11 is 0. The second kappa shape index (κ2) is 8.52. The maximum atomic E-state index is 12.6. The molecule has 0 aliphatic carbocycles. The van der Waals surface area contributed by atoms with Gasteiger partial charge in [-0.05, 0) is 31.4 Å². The van der Waals surface area contributed by atoms with E-state index >= 15 is 0 Å². The number of carbonyl (C=O) groups excluding carboxylic acids is 2. The summed E-state index contributed by atoms with van der Waals surface area (Å²) in [6.45, 7) is 3.72. The molecule has 1 amide bonds. The molecule has 1 atom stereocenters. The van der Waals surface area contributed by atoms with Gasteiger partial charge in [-0.25, -0.2) is 14.3 Å². The van der Waals surface area contributed by atoms with E-state index in [1.54, 1.807) is 28.8 Å². The van der Waals surface area contributed by atoms with Gasteiger partial charge < -0.3 is 10.1 Å². The van der Waals surface area contributed by atoms with E-state index < -0.39 is 12.0 Å². The average molecular weight is 391 g/mol. The third kappa shape index (κ3) is 4.09. The third-order valence-corrected chi connectivity index (χ3v) is 4.81. The first kappa shape index (κ1) is 20.0. The van der Waals surface area contributed by atoms with Crippen LogP contribution in [-0.4, -0.2) is 33.6 Å². The summed E-state index contributed by atoms with van der Waals surface area (Å²) in [5.74, 6) is -0.804. The topological polar surface area (TPSA) is 109 Å². The zero-order chi connectivity index (χ0) is 21.0. The lowest BCUT2D eigenvalue weighted by Crippen LogP contribution is -2.34. The molecule has 0 saturated carbocycles. The van der Waals surface area contributed by atoms with Gasteiger partial charge in [0.25, 0.3) is 0 Å². The number of nitrogens with one attached hydrogen (secondary N) is 1. The summed E-state index contributed by atoms with van der Waals surface area (Å²) in [6.07, 6.45) is 2.07. The molecule has 1 N–H and O–H groups in total. The first-order valence-corrected chi connectivity index (χ1v) is 9.12. The van der Waals surface area contributed by atoms with Crippen LogP contribution in [0, 0.1) is 25.2 Å². The summed E-state index contributed by atoms with van der Waals surface area (Å²) in [4.78, 5) is 29.1. The lowest BCUT2D eigenvalue weighted by Gasteiger charge is -2.17. The smallest absolute Gasteiger partial charge is 0.333 e. The molecule has 148 valence electrons. The van der Waals surface area contributed by atoms with Gasteiger partial charge in [-0.2, -0.15) is 10.4 Å². The normalized spacial score (nSPS) is 11.7. The van der Waals surface area contributed by atoms with E-state index in [2.05, 4.69) is 21.5 Å². The number of nitrogens with zero attached hydrogens (tertiary/aromatic N) is 4. The summed E-state index contributed by atoms with van der Waals surface area (Å²) in [5.41, 5.74) is 4.02. The first-order chi connectivity index (χ1) is 14.0. The van der Waals surface area contributed by atoms with Crippen LogP contribution >= 0.6 is 0 Å². The van der Waals surface area contributed by atoms with Crippen molar-refractivity contribution >= 4 is 17.5 Å². The number of carbonyl (C=O) groups is 2. The summed E-state index contributed by atoms with van der Waals surface area (Å²) in [7, 11) is 1.29. The second-order valence-corrected chi connectivity index (χ2v) is 6.60. The molecule has 0 saturated heterocycles. The highest BCUT2D eigenvalue weighted by molar-refractivity contribution is 5.85. The Morgan fingerprint density at radius 1 is 1.28 bits per heavy atom. The highest BCUT2D eigenvalue weighted by atomic mass is 16.5. The standard InChI is InChI=1S/C21H21N5O3/c1-13-17(14(2)26-20(24-13)16(11-22)12-23-26)9-10-18(27)25-19(21(28)29-3)15-7-5-4-6-8-15/h4-8,12,19H,9-10H2,1-3H3,(H,25,27). The largest absolute Gasteiger partial charge is 0.467 e. The first-order valence-electron chi connectivity index (χ1n) is 9.12. The summed E-state index contributed by atoms with van der Waals surface area (Å²) in [6, 6.07) is 10.2. The Hall–Kier alpha value is -3.73. The Kier molecular flexibility index (Phi) is 5.88. The van der Waals surface area contributed by atoms with E-state index in [0.717, 1.165) is 17.0 Å². The predicted molar refractivity (Wildman–Crippen MR) is 105 cm³/mol. The molecule has 0 aliphatic heterocycles. The maximum Gasteiger partial charge on any atom is 0.333 e. The van der Waals surface area contributed by atoms with Crippen LogP contribution in [0.3, 0.4) is 0 Å². The fourth-order valence-corrected chi connectivity index (χ4v) is 3.27. The molecule has 1 unspecified atom stereocenters. The lowest BCUT2D eigenvalue weighted by molar-refractivity contribution is -0.145. The Balaban J connectivity index is 1.76. The lowest BCUT2D eigenvalue weighted by atomic mass is 10.0. The van der Waals surface area contributed by atoms with Crippen LogP contribution < -0.4 is 5.32 Å². The molecule has 2 heterocycles. The molecular formula is C21H21N5O3. The van der Waals surface area contributed by atoms with Gasteiger partial charge in [-0.1, -0.05) is 30.3 Å². The molecule has 1 aromatic carbocycles. The van der Waals surface area contributed by atoms with Crippen molar-refractivity contribution in [2.24, 2.45) is 0 Å². The molecule has 0 bridgehead atoms. The zero-order valence-electron chi connectivity index (χ0n) is 16.5. The van der Waals surface area contributed by atoms with Crippen molar-refractivity contribution in [1.29, 1.82) is 5.26 Å². The number of nitriles is 1. The van der Waals surface area contributed by atoms with Gasteiger partial charge >= 0.3 is 5.97 Å². The molecule has 29 heavy (non-hydrogen) atoms. The molecule has 0 radical (unpaired) electrons. The van der Waals surface area contributed by atoms with Crippen molar-refractivity contribution in [3.05, 3.63) is 64.6 Å². The minimum absolute atomic E-state index is 0.168. The van der Waals surface area contributed by atoms with Gasteiger partial charge in [-0.15, -0.1) is 0 Å². The van der Waals surface area contributed by atoms with E-state index in [9.17, 15) is 9.59 Å². The molecule has 8 heteroatoms. The van der Waals surface area contributed by atoms with Gasteiger partial charge in [0.15, 0.2) is 11.7 Å². The summed E-state index contributed by atoms with van der Waals surface area (Å²) < 4.78 is 6.44. The van der Waals surface area contributed by atoms with Gasteiger partial charge in [0.05, 0.1) is 13.3 Å². The predicted octanol–water partition coefficient (Wildman–Crippen LogP) is 2.18. The van der Waals surface area contributed by atoms with Crippen LogP contribution in [0.4, 0.5) is 0 Å². The minimum atomic E-state index is -0.860. The van der Waals surface area contributed by atoms with Crippen LogP contribution in [0.5, 0.6) is 0 Å². The number of benzene rings is 1. The Labute approximate surface area is 168 Å². The average Bonchev–Trinajstić information content (AvgIpc) is 3.14. The number of hydrogen-bond donors (Lipinski definition) is 1. The highest BCUT2D eigenvalue weighted by Crippen LogP contribution is 2.19. The fraction of sp³-hybridized carbons (Fsp3) is 0.286. The van der Waals surface area contributed by atoms with Crippen LogP contribution in [0.2, 0.25) is 0 Å². The van der Waals surface area contributed by atoms with Crippen LogP contribution in [0.25, 0.3) is 5.65 Å². The third-order valence-electron chi connectivity index (χ3n) is 4.81. The molecule has 2 aromatic heterocycles. The van der Waals surface area contributed by atoms with Gasteiger partial charge in [-0.3, -0.25) is 4.79 Å². The van der Waals surface area contributed by atoms with Gasteiger partial charge in [0.1, 0.15) is 11.6 Å². The monoisotopic (exact) mass is 391 g/mol. The number of amides is 1. The molecule has 3 rings (SSSR count). The van der Waals surface area contributed by atoms with E-state index in [4.69, 9.17) is 10.00 Å². The SMILES string of the molecule is COC(=O)C(NC(=O)CCc1c(C)nc2c(C#N)cnn2c1C)c1ccccc1. The Morgan fingerprint density at radius 2 is 2.00 bits per heavy atom. The highest BCUT2D eigenvalue weighted by Gasteiger charge is 2.23. The second-order valence-electron chi connectivity index (χ2n) is 6.60. The number of aryl methyl sites for hydroxylation is 2. The number of methoxy groups -OCH3 is 1. The van der Waals surface area contributed by atoms with Crippen molar-refractivity contribution in [2.75, 3.05) is 7.11 Å². The molecule has 8 nitrogen and oxygen atoms in total. The van der Waals surface area contributed by atoms with Gasteiger partial charge in [0, 0.05) is 17.8 Å². The van der Waals surface area contributed by atoms with Crippen molar-refractivity contribution in [3.63, 3.8) is 0 Å². The molecule has 0 aliphatic rings. The number of hydrogen-bond acceptors (Lipinski definition) is 6. The molecular weight excluding hydrogens is 370 g/mol. The number of ether oxygens (including phenoxy) is 1. The van der Waals surface area contributed by atoms with Crippen molar-refractivity contribution in [2.45, 2.75) is 32.7 Å². The Bertz CT molecular complexity index is 1100. The molecule has 3 aromatic rings. The van der Waals surface area contributed by atoms with Crippen molar-refractivity contribution < 1.29 is 14.3 Å². The molecule has 0 fully saturated rings. The number of fused-ring (bicyclic) bond motifs is 1. The van der Waals surface area contributed by atoms with Crippen molar-refractivity contribution in [3.8, 4) is 6.07 Å². The van der Waals surface area contributed by atoms with E-state index in [0.29, 0.717) is 23.2 Å². The van der Waals surface area contributed by atoms with Gasteiger partial charge in [0.2, 0.25) is 5.91 Å². The number of rotatable bonds is 6. The maximum absolute atomic E-state index is 12.6. The van der Waals surface area contributed by atoms with Crippen molar-refractivity contribution in [1.82, 2.24) is 19.9 Å². The fourth-order valence-electron chi connectivity index (χ4n) is 3.27.